The highest BCUT2D eigenvalue weighted by Gasteiger charge is 2.22. The third kappa shape index (κ3) is 5.19. The Morgan fingerprint density at radius 1 is 0.909 bits per heavy atom. The zero-order valence-electron chi connectivity index (χ0n) is 19.7. The summed E-state index contributed by atoms with van der Waals surface area (Å²) in [7, 11) is 0. The second-order valence-corrected chi connectivity index (χ2v) is 9.02. The van der Waals surface area contributed by atoms with Gasteiger partial charge in [-0.15, -0.1) is 0 Å². The number of aromatic nitrogens is 2. The van der Waals surface area contributed by atoms with Gasteiger partial charge < -0.3 is 9.64 Å². The second kappa shape index (κ2) is 10.3. The number of nitrogens with zero attached hydrogens (tertiary/aromatic N) is 4. The lowest BCUT2D eigenvalue weighted by Gasteiger charge is -2.38. The van der Waals surface area contributed by atoms with E-state index in [-0.39, 0.29) is 0 Å². The molecular formula is C28H34N4O. The molecule has 0 saturated carbocycles. The number of hydrogen-bond acceptors (Lipinski definition) is 5. The monoisotopic (exact) mass is 442 g/mol. The van der Waals surface area contributed by atoms with Crippen LogP contribution in [0.1, 0.15) is 43.0 Å². The van der Waals surface area contributed by atoms with Crippen molar-refractivity contribution in [1.82, 2.24) is 19.8 Å². The molecule has 1 aliphatic heterocycles. The van der Waals surface area contributed by atoms with Crippen molar-refractivity contribution in [3.05, 3.63) is 71.4 Å². The summed E-state index contributed by atoms with van der Waals surface area (Å²) in [6.07, 6.45) is 7.88. The lowest BCUT2D eigenvalue weighted by molar-refractivity contribution is 0.169. The molecule has 3 heterocycles. The summed E-state index contributed by atoms with van der Waals surface area (Å²) >= 11 is 0. The summed E-state index contributed by atoms with van der Waals surface area (Å²) in [6.45, 7) is 8.46. The number of allylic oxidation sites excluding steroid dienone is 1. The molecule has 5 nitrogen and oxygen atoms in total. The van der Waals surface area contributed by atoms with Gasteiger partial charge in [-0.25, -0.2) is 4.98 Å². The maximum Gasteiger partial charge on any atom is 0.215 e. The topological polar surface area (TPSA) is 41.5 Å². The van der Waals surface area contributed by atoms with Gasteiger partial charge in [-0.3, -0.25) is 4.90 Å². The van der Waals surface area contributed by atoms with E-state index in [1.54, 1.807) is 0 Å². The van der Waals surface area contributed by atoms with Crippen LogP contribution in [0.3, 0.4) is 0 Å². The molecule has 0 amide bonds. The molecule has 2 aliphatic rings. The van der Waals surface area contributed by atoms with Crippen LogP contribution in [0.5, 0.6) is 5.88 Å². The Morgan fingerprint density at radius 3 is 2.64 bits per heavy atom. The molecule has 1 aromatic carbocycles. The summed E-state index contributed by atoms with van der Waals surface area (Å²) in [6, 6.07) is 17.1. The van der Waals surface area contributed by atoms with Crippen molar-refractivity contribution in [2.45, 2.75) is 39.0 Å². The molecule has 33 heavy (non-hydrogen) atoms. The SMILES string of the molecule is CCc1ccc2ccc(OCCCCN3CCN(C4=CCCc5ccccc54)CC3)nc2n1. The van der Waals surface area contributed by atoms with E-state index in [4.69, 9.17) is 4.74 Å². The zero-order valence-corrected chi connectivity index (χ0v) is 19.7. The maximum absolute atomic E-state index is 5.92. The minimum absolute atomic E-state index is 0.679. The lowest BCUT2D eigenvalue weighted by atomic mass is 9.94. The van der Waals surface area contributed by atoms with Crippen LogP contribution in [0.25, 0.3) is 16.7 Å². The van der Waals surface area contributed by atoms with Crippen LogP contribution in [0, 0.1) is 0 Å². The normalized spacial score (nSPS) is 16.5. The quantitative estimate of drug-likeness (QED) is 0.462. The zero-order chi connectivity index (χ0) is 22.5. The molecule has 0 spiro atoms. The smallest absolute Gasteiger partial charge is 0.215 e. The Hall–Kier alpha value is -2.92. The molecule has 0 unspecified atom stereocenters. The third-order valence-electron chi connectivity index (χ3n) is 6.82. The Bertz CT molecular complexity index is 1120. The number of hydrogen-bond donors (Lipinski definition) is 0. The minimum Gasteiger partial charge on any atom is -0.478 e. The van der Waals surface area contributed by atoms with Gasteiger partial charge in [0.15, 0.2) is 5.65 Å². The molecule has 1 fully saturated rings. The van der Waals surface area contributed by atoms with Crippen molar-refractivity contribution in [2.75, 3.05) is 39.3 Å². The number of fused-ring (bicyclic) bond motifs is 2. The van der Waals surface area contributed by atoms with Gasteiger partial charge in [0.25, 0.3) is 0 Å². The molecule has 0 bridgehead atoms. The minimum atomic E-state index is 0.679. The van der Waals surface area contributed by atoms with Crippen LogP contribution in [-0.4, -0.2) is 59.1 Å². The van der Waals surface area contributed by atoms with E-state index in [9.17, 15) is 0 Å². The van der Waals surface area contributed by atoms with Crippen LogP contribution in [0.2, 0.25) is 0 Å². The van der Waals surface area contributed by atoms with Crippen molar-refractivity contribution >= 4 is 16.7 Å². The van der Waals surface area contributed by atoms with E-state index in [0.29, 0.717) is 12.5 Å². The molecule has 1 aliphatic carbocycles. The first kappa shape index (κ1) is 21.9. The van der Waals surface area contributed by atoms with Gasteiger partial charge in [0.1, 0.15) is 0 Å². The molecule has 2 aromatic heterocycles. The highest BCUT2D eigenvalue weighted by molar-refractivity contribution is 5.75. The number of pyridine rings is 2. The van der Waals surface area contributed by atoms with Gasteiger partial charge >= 0.3 is 0 Å². The highest BCUT2D eigenvalue weighted by atomic mass is 16.5. The van der Waals surface area contributed by atoms with Gasteiger partial charge in [0, 0.05) is 54.6 Å². The van der Waals surface area contributed by atoms with E-state index in [1.807, 2.05) is 12.1 Å². The fraction of sp³-hybridized carbons (Fsp3) is 0.429. The summed E-state index contributed by atoms with van der Waals surface area (Å²) < 4.78 is 5.92. The average molecular weight is 443 g/mol. The molecular weight excluding hydrogens is 408 g/mol. The summed E-state index contributed by atoms with van der Waals surface area (Å²) in [5.41, 5.74) is 6.24. The second-order valence-electron chi connectivity index (χ2n) is 9.02. The number of aryl methyl sites for hydroxylation is 2. The van der Waals surface area contributed by atoms with Gasteiger partial charge in [-0.2, -0.15) is 4.98 Å². The summed E-state index contributed by atoms with van der Waals surface area (Å²) in [5, 5.41) is 1.06. The standard InChI is InChI=1S/C28H34N4O/c1-2-24-14-12-23-13-15-27(30-28(23)29-24)33-21-6-5-16-31-17-19-32(20-18-31)26-11-7-9-22-8-3-4-10-25(22)26/h3-4,8,10-15H,2,5-7,9,16-21H2,1H3. The van der Waals surface area contributed by atoms with Crippen molar-refractivity contribution in [1.29, 1.82) is 0 Å². The van der Waals surface area contributed by atoms with Crippen LogP contribution in [0.15, 0.2) is 54.6 Å². The Labute approximate surface area is 197 Å². The average Bonchev–Trinajstić information content (AvgIpc) is 2.88. The summed E-state index contributed by atoms with van der Waals surface area (Å²) in [4.78, 5) is 14.4. The molecule has 0 N–H and O–H groups in total. The lowest BCUT2D eigenvalue weighted by Crippen LogP contribution is -2.45. The fourth-order valence-electron chi connectivity index (χ4n) is 4.89. The van der Waals surface area contributed by atoms with E-state index in [1.165, 1.54) is 23.2 Å². The molecule has 5 rings (SSSR count). The molecule has 5 heteroatoms. The van der Waals surface area contributed by atoms with Crippen molar-refractivity contribution in [2.24, 2.45) is 0 Å². The molecule has 172 valence electrons. The number of unbranched alkanes of at least 4 members (excludes halogenated alkanes) is 1. The Balaban J connectivity index is 1.04. The van der Waals surface area contributed by atoms with E-state index in [2.05, 4.69) is 69.2 Å². The van der Waals surface area contributed by atoms with Crippen LogP contribution in [0.4, 0.5) is 0 Å². The van der Waals surface area contributed by atoms with Gasteiger partial charge in [-0.05, 0) is 62.4 Å². The van der Waals surface area contributed by atoms with Gasteiger partial charge in [-0.1, -0.05) is 37.3 Å². The van der Waals surface area contributed by atoms with Gasteiger partial charge in [0.2, 0.25) is 5.88 Å². The number of ether oxygens (including phenoxy) is 1. The number of benzene rings is 1. The Morgan fingerprint density at radius 2 is 1.76 bits per heavy atom. The predicted octanol–water partition coefficient (Wildman–Crippen LogP) is 4.96. The first-order valence-corrected chi connectivity index (χ1v) is 12.5. The Kier molecular flexibility index (Phi) is 6.87. The van der Waals surface area contributed by atoms with E-state index >= 15 is 0 Å². The number of rotatable bonds is 8. The van der Waals surface area contributed by atoms with Crippen LogP contribution in [-0.2, 0) is 12.8 Å². The maximum atomic E-state index is 5.92. The highest BCUT2D eigenvalue weighted by Crippen LogP contribution is 2.29. The molecule has 1 saturated heterocycles. The van der Waals surface area contributed by atoms with E-state index in [0.717, 1.165) is 75.1 Å². The van der Waals surface area contributed by atoms with Crippen molar-refractivity contribution in [3.8, 4) is 5.88 Å². The molecule has 0 atom stereocenters. The van der Waals surface area contributed by atoms with Gasteiger partial charge in [0.05, 0.1) is 6.61 Å². The predicted molar refractivity (Wildman–Crippen MR) is 134 cm³/mol. The van der Waals surface area contributed by atoms with E-state index < -0.39 is 0 Å². The van der Waals surface area contributed by atoms with Crippen LogP contribution < -0.4 is 4.74 Å². The largest absolute Gasteiger partial charge is 0.478 e. The first-order chi connectivity index (χ1) is 16.3. The summed E-state index contributed by atoms with van der Waals surface area (Å²) in [5.74, 6) is 0.679. The molecule has 0 radical (unpaired) electrons. The van der Waals surface area contributed by atoms with Crippen molar-refractivity contribution < 1.29 is 4.74 Å². The van der Waals surface area contributed by atoms with Crippen LogP contribution >= 0.6 is 0 Å². The fourth-order valence-corrected chi connectivity index (χ4v) is 4.89. The molecule has 3 aromatic rings. The number of piperazine rings is 1. The van der Waals surface area contributed by atoms with Crippen molar-refractivity contribution in [3.63, 3.8) is 0 Å². The first-order valence-electron chi connectivity index (χ1n) is 12.5. The third-order valence-corrected chi connectivity index (χ3v) is 6.82.